The van der Waals surface area contributed by atoms with E-state index in [1.54, 1.807) is 38.6 Å². The topological polar surface area (TPSA) is 210 Å². The number of aromatic nitrogens is 3. The smallest absolute Gasteiger partial charge is 0.274 e. The summed E-state index contributed by atoms with van der Waals surface area (Å²) < 4.78 is 10.8. The lowest BCUT2D eigenvalue weighted by Gasteiger charge is -2.21. The Hall–Kier alpha value is -5.07. The minimum Gasteiger partial charge on any atom is -0.386 e. The summed E-state index contributed by atoms with van der Waals surface area (Å²) >= 11 is 0. The van der Waals surface area contributed by atoms with Crippen molar-refractivity contribution in [2.24, 2.45) is 11.7 Å². The average Bonchev–Trinajstić information content (AvgIpc) is 3.79. The summed E-state index contributed by atoms with van der Waals surface area (Å²) in [6.45, 7) is 2.88. The van der Waals surface area contributed by atoms with Crippen LogP contribution in [0.3, 0.4) is 0 Å². The van der Waals surface area contributed by atoms with Crippen LogP contribution in [0.15, 0.2) is 36.8 Å². The molecule has 3 aromatic heterocycles. The Kier molecular flexibility index (Phi) is 8.24. The molecule has 3 aromatic rings. The van der Waals surface area contributed by atoms with Crippen LogP contribution in [-0.4, -0.2) is 110 Å². The molecule has 43 heavy (non-hydrogen) atoms. The zero-order valence-corrected chi connectivity index (χ0v) is 24.1. The van der Waals surface area contributed by atoms with E-state index in [4.69, 9.17) is 25.9 Å². The lowest BCUT2D eigenvalue weighted by molar-refractivity contribution is 0.0785. The zero-order chi connectivity index (χ0) is 30.8. The molecule has 3 atom stereocenters. The van der Waals surface area contributed by atoms with Crippen LogP contribution in [0.1, 0.15) is 31.5 Å². The van der Waals surface area contributed by atoms with Gasteiger partial charge in [-0.05, 0) is 18.2 Å². The Morgan fingerprint density at radius 1 is 0.884 bits per heavy atom. The molecule has 2 fully saturated rings. The number of carbonyl (C=O) groups is 3. The number of anilines is 3. The highest BCUT2D eigenvalue weighted by Crippen LogP contribution is 2.25. The molecule has 0 aromatic carbocycles. The first-order valence-corrected chi connectivity index (χ1v) is 13.6. The van der Waals surface area contributed by atoms with Gasteiger partial charge in [0.05, 0.1) is 48.6 Å². The van der Waals surface area contributed by atoms with Gasteiger partial charge in [-0.25, -0.2) is 0 Å². The number of nitrogens with zero attached hydrogens (tertiary/aromatic N) is 5. The van der Waals surface area contributed by atoms with Crippen molar-refractivity contribution < 1.29 is 23.9 Å². The highest BCUT2D eigenvalue weighted by atomic mass is 16.6. The number of nitrogens with one attached hydrogen (secondary N) is 4. The molecule has 3 unspecified atom stereocenters. The summed E-state index contributed by atoms with van der Waals surface area (Å²) in [5.74, 6) is -2.32. The summed E-state index contributed by atoms with van der Waals surface area (Å²) in [7, 11) is 4.69. The number of H-pyrrole nitrogens is 3. The zero-order valence-electron chi connectivity index (χ0n) is 24.1. The number of carbonyl (C=O) groups excluding carboxylic acids is 3. The highest BCUT2D eigenvalue weighted by molar-refractivity contribution is 6.08. The van der Waals surface area contributed by atoms with Gasteiger partial charge in [0.2, 0.25) is 0 Å². The molecule has 15 heteroatoms. The molecule has 0 aliphatic carbocycles. The van der Waals surface area contributed by atoms with Crippen molar-refractivity contribution in [2.75, 3.05) is 68.7 Å². The predicted molar refractivity (Wildman–Crippen MR) is 158 cm³/mol. The van der Waals surface area contributed by atoms with Crippen molar-refractivity contribution in [3.8, 4) is 6.07 Å². The van der Waals surface area contributed by atoms with Gasteiger partial charge in [-0.1, -0.05) is 0 Å². The predicted octanol–water partition coefficient (Wildman–Crippen LogP) is 0.976. The van der Waals surface area contributed by atoms with Crippen LogP contribution in [-0.2, 0) is 9.47 Å². The molecule has 0 saturated carbocycles. The maximum Gasteiger partial charge on any atom is 0.274 e. The van der Waals surface area contributed by atoms with Gasteiger partial charge in [0.1, 0.15) is 28.8 Å². The third kappa shape index (κ3) is 6.71. The fourth-order valence-electron chi connectivity index (χ4n) is 4.58. The van der Waals surface area contributed by atoms with E-state index in [2.05, 4.69) is 19.9 Å². The fourth-order valence-corrected chi connectivity index (χ4v) is 4.58. The van der Waals surface area contributed by atoms with Gasteiger partial charge in [-0.3, -0.25) is 19.8 Å². The van der Waals surface area contributed by atoms with E-state index < -0.39 is 11.8 Å². The monoisotopic (exact) mass is 590 g/mol. The van der Waals surface area contributed by atoms with E-state index in [1.807, 2.05) is 6.07 Å². The Morgan fingerprint density at radius 3 is 1.72 bits per heavy atom. The Labute approximate surface area is 247 Å². The van der Waals surface area contributed by atoms with Gasteiger partial charge in [-0.2, -0.15) is 5.26 Å². The first-order valence-electron chi connectivity index (χ1n) is 13.6. The van der Waals surface area contributed by atoms with Gasteiger partial charge in [0.15, 0.2) is 0 Å². The van der Waals surface area contributed by atoms with E-state index in [1.165, 1.54) is 34.0 Å². The molecule has 0 radical (unpaired) electrons. The number of ether oxygens (including phenoxy) is 2. The highest BCUT2D eigenvalue weighted by Gasteiger charge is 2.32. The first kappa shape index (κ1) is 29.4. The lowest BCUT2D eigenvalue weighted by atomic mass is 10.1. The van der Waals surface area contributed by atoms with Crippen LogP contribution in [0, 0.1) is 22.7 Å². The van der Waals surface area contributed by atoms with Crippen molar-refractivity contribution in [1.29, 1.82) is 10.7 Å². The third-order valence-corrected chi connectivity index (χ3v) is 7.43. The van der Waals surface area contributed by atoms with Crippen LogP contribution >= 0.6 is 0 Å². The lowest BCUT2D eigenvalue weighted by Crippen LogP contribution is -2.36. The van der Waals surface area contributed by atoms with E-state index in [0.29, 0.717) is 17.1 Å². The first-order chi connectivity index (χ1) is 20.5. The average molecular weight is 591 g/mol. The van der Waals surface area contributed by atoms with Crippen LogP contribution in [0.2, 0.25) is 0 Å². The largest absolute Gasteiger partial charge is 0.386 e. The molecular weight excluding hydrogens is 556 g/mol. The van der Waals surface area contributed by atoms with Gasteiger partial charge in [0.25, 0.3) is 17.7 Å². The number of nitrogens with two attached hydrogens (primary N) is 1. The number of hydrogen-bond acceptors (Lipinski definition) is 8. The second-order valence-electron chi connectivity index (χ2n) is 10.7. The van der Waals surface area contributed by atoms with Crippen molar-refractivity contribution in [1.82, 2.24) is 19.9 Å². The second-order valence-corrected chi connectivity index (χ2v) is 10.7. The standard InChI is InChI=1S/C28H34N10O5/c1-35(11-16(7-29)25(30)31)26(39)22-4-17(8-32-22)36(2)27(40)23-5-18(9-33-23)37(3)28(41)24-6-19(10-34-24)38(12-20-14-42-20)13-21-15-43-21/h4-6,8-10,16,20-21,32-34H,11-15H2,1-3H3,(H3,30,31). The van der Waals surface area contributed by atoms with Crippen LogP contribution in [0.4, 0.5) is 17.1 Å². The Balaban J connectivity index is 1.21. The van der Waals surface area contributed by atoms with E-state index in [-0.39, 0.29) is 47.8 Å². The third-order valence-electron chi connectivity index (χ3n) is 7.43. The molecule has 3 amide bonds. The van der Waals surface area contributed by atoms with E-state index in [9.17, 15) is 14.4 Å². The number of epoxide rings is 2. The molecule has 6 N–H and O–H groups in total. The normalized spacial score (nSPS) is 17.4. The molecule has 2 saturated heterocycles. The Bertz CT molecular complexity index is 1550. The van der Waals surface area contributed by atoms with Crippen molar-refractivity contribution in [3.05, 3.63) is 53.9 Å². The van der Waals surface area contributed by atoms with Gasteiger partial charge < -0.3 is 49.8 Å². The van der Waals surface area contributed by atoms with Crippen LogP contribution < -0.4 is 20.4 Å². The summed E-state index contributed by atoms with van der Waals surface area (Å²) in [5, 5.41) is 16.6. The minimum atomic E-state index is -0.918. The number of amides is 3. The summed E-state index contributed by atoms with van der Waals surface area (Å²) in [4.78, 5) is 54.4. The van der Waals surface area contributed by atoms with Crippen molar-refractivity contribution >= 4 is 40.6 Å². The molecule has 5 heterocycles. The second kappa shape index (κ2) is 12.0. The van der Waals surface area contributed by atoms with Gasteiger partial charge in [-0.15, -0.1) is 0 Å². The van der Waals surface area contributed by atoms with Crippen molar-refractivity contribution in [3.63, 3.8) is 0 Å². The summed E-state index contributed by atoms with van der Waals surface area (Å²) in [6.07, 6.45) is 5.28. The number of rotatable bonds is 13. The van der Waals surface area contributed by atoms with Crippen LogP contribution in [0.5, 0.6) is 0 Å². The minimum absolute atomic E-state index is 0.0435. The quantitative estimate of drug-likeness (QED) is 0.110. The molecule has 2 aliphatic heterocycles. The van der Waals surface area contributed by atoms with Crippen LogP contribution in [0.25, 0.3) is 0 Å². The molecule has 5 rings (SSSR count). The molecule has 0 bridgehead atoms. The molecule has 226 valence electrons. The molecule has 0 spiro atoms. The summed E-state index contributed by atoms with van der Waals surface area (Å²) in [5.41, 5.74) is 8.08. The SMILES string of the molecule is CN(CC(C#N)C(=N)N)C(=O)c1cc(N(C)C(=O)c2cc(N(C)C(=O)c3cc(N(CC4CO4)CC4CO4)c[nH]3)c[nH]2)c[nH]1. The fraction of sp³-hybridized carbons (Fsp3) is 0.393. The summed E-state index contributed by atoms with van der Waals surface area (Å²) in [6, 6.07) is 6.80. The maximum atomic E-state index is 13.3. The van der Waals surface area contributed by atoms with E-state index in [0.717, 1.165) is 32.0 Å². The number of amidine groups is 1. The van der Waals surface area contributed by atoms with Gasteiger partial charge >= 0.3 is 0 Å². The molecule has 15 nitrogen and oxygen atoms in total. The number of aromatic amines is 3. The van der Waals surface area contributed by atoms with Crippen molar-refractivity contribution in [2.45, 2.75) is 12.2 Å². The molecule has 2 aliphatic rings. The Morgan fingerprint density at radius 2 is 1.30 bits per heavy atom. The van der Waals surface area contributed by atoms with Gasteiger partial charge in [0, 0.05) is 59.4 Å². The number of hydrogen-bond donors (Lipinski definition) is 5. The molecular formula is C28H34N10O5. The number of nitriles is 1. The van der Waals surface area contributed by atoms with E-state index >= 15 is 0 Å². The maximum absolute atomic E-state index is 13.3.